The monoisotopic (exact) mass is 248 g/mol. The normalized spacial score (nSPS) is 16.3. The standard InChI is InChI=1S/C14H16O4/c1-2-16-13(15)8-7-11-5-3-4-6-12(11)14-17-9-10-18-14/h3-8,14H,2,9-10H2,1H3. The van der Waals surface area contributed by atoms with Crippen LogP contribution >= 0.6 is 0 Å². The molecule has 4 nitrogen and oxygen atoms in total. The van der Waals surface area contributed by atoms with Crippen molar-refractivity contribution >= 4 is 12.0 Å². The summed E-state index contributed by atoms with van der Waals surface area (Å²) in [6.45, 7) is 3.35. The lowest BCUT2D eigenvalue weighted by atomic mass is 10.1. The Labute approximate surface area is 106 Å². The highest BCUT2D eigenvalue weighted by Crippen LogP contribution is 2.26. The summed E-state index contributed by atoms with van der Waals surface area (Å²) in [4.78, 5) is 11.3. The van der Waals surface area contributed by atoms with Gasteiger partial charge in [0.25, 0.3) is 0 Å². The van der Waals surface area contributed by atoms with Crippen LogP contribution in [0, 0.1) is 0 Å². The van der Waals surface area contributed by atoms with Crippen LogP contribution in [0.5, 0.6) is 0 Å². The zero-order chi connectivity index (χ0) is 12.8. The number of hydrogen-bond acceptors (Lipinski definition) is 4. The maximum absolute atomic E-state index is 11.3. The van der Waals surface area contributed by atoms with Crippen LogP contribution in [0.25, 0.3) is 6.08 Å². The van der Waals surface area contributed by atoms with Gasteiger partial charge in [-0.25, -0.2) is 4.79 Å². The quantitative estimate of drug-likeness (QED) is 0.606. The molecule has 1 aliphatic rings. The van der Waals surface area contributed by atoms with Crippen LogP contribution in [0.15, 0.2) is 30.3 Å². The van der Waals surface area contributed by atoms with E-state index in [2.05, 4.69) is 0 Å². The number of esters is 1. The van der Waals surface area contributed by atoms with E-state index in [4.69, 9.17) is 14.2 Å². The van der Waals surface area contributed by atoms with Gasteiger partial charge in [-0.3, -0.25) is 0 Å². The summed E-state index contributed by atoms with van der Waals surface area (Å²) in [6, 6.07) is 7.67. The smallest absolute Gasteiger partial charge is 0.330 e. The Balaban J connectivity index is 2.14. The van der Waals surface area contributed by atoms with Gasteiger partial charge in [0.1, 0.15) is 0 Å². The second-order valence-electron chi connectivity index (χ2n) is 3.79. The van der Waals surface area contributed by atoms with E-state index in [1.54, 1.807) is 13.0 Å². The topological polar surface area (TPSA) is 44.8 Å². The highest BCUT2D eigenvalue weighted by atomic mass is 16.7. The molecule has 0 aliphatic carbocycles. The fourth-order valence-electron chi connectivity index (χ4n) is 1.76. The van der Waals surface area contributed by atoms with Gasteiger partial charge in [-0.1, -0.05) is 24.3 Å². The third-order valence-corrected chi connectivity index (χ3v) is 2.56. The average Bonchev–Trinajstić information content (AvgIpc) is 2.91. The number of hydrogen-bond donors (Lipinski definition) is 0. The van der Waals surface area contributed by atoms with E-state index >= 15 is 0 Å². The molecule has 2 rings (SSSR count). The fraction of sp³-hybridized carbons (Fsp3) is 0.357. The number of rotatable bonds is 4. The highest BCUT2D eigenvalue weighted by Gasteiger charge is 2.19. The first-order chi connectivity index (χ1) is 8.81. The van der Waals surface area contributed by atoms with E-state index in [9.17, 15) is 4.79 Å². The molecule has 1 aliphatic heterocycles. The van der Waals surface area contributed by atoms with E-state index in [0.717, 1.165) is 11.1 Å². The first kappa shape index (κ1) is 12.8. The number of ether oxygens (including phenoxy) is 3. The Bertz CT molecular complexity index is 433. The molecule has 0 unspecified atom stereocenters. The lowest BCUT2D eigenvalue weighted by molar-refractivity contribution is -0.137. The van der Waals surface area contributed by atoms with Crippen LogP contribution in [-0.2, 0) is 19.0 Å². The predicted molar refractivity (Wildman–Crippen MR) is 66.8 cm³/mol. The minimum atomic E-state index is -0.347. The van der Waals surface area contributed by atoms with Crippen molar-refractivity contribution in [3.05, 3.63) is 41.5 Å². The van der Waals surface area contributed by atoms with Gasteiger partial charge in [-0.2, -0.15) is 0 Å². The van der Waals surface area contributed by atoms with Crippen LogP contribution in [0.3, 0.4) is 0 Å². The lowest BCUT2D eigenvalue weighted by Crippen LogP contribution is -2.02. The van der Waals surface area contributed by atoms with Gasteiger partial charge in [0, 0.05) is 11.6 Å². The highest BCUT2D eigenvalue weighted by molar-refractivity contribution is 5.87. The minimum absolute atomic E-state index is 0.340. The molecule has 0 radical (unpaired) electrons. The van der Waals surface area contributed by atoms with Crippen molar-refractivity contribution in [2.24, 2.45) is 0 Å². The Morgan fingerprint density at radius 3 is 2.83 bits per heavy atom. The summed E-state index contributed by atoms with van der Waals surface area (Å²) in [5.74, 6) is -0.347. The first-order valence-electron chi connectivity index (χ1n) is 5.98. The SMILES string of the molecule is CCOC(=O)C=Cc1ccccc1C1OCCO1. The van der Waals surface area contributed by atoms with Crippen molar-refractivity contribution in [3.63, 3.8) is 0 Å². The van der Waals surface area contributed by atoms with E-state index in [-0.39, 0.29) is 12.3 Å². The van der Waals surface area contributed by atoms with Gasteiger partial charge >= 0.3 is 5.97 Å². The average molecular weight is 248 g/mol. The number of carbonyl (C=O) groups is 1. The number of carbonyl (C=O) groups excluding carboxylic acids is 1. The van der Waals surface area contributed by atoms with Crippen molar-refractivity contribution in [1.82, 2.24) is 0 Å². The van der Waals surface area contributed by atoms with Gasteiger partial charge in [0.15, 0.2) is 6.29 Å². The molecule has 0 bridgehead atoms. The third kappa shape index (κ3) is 3.18. The summed E-state index contributed by atoms with van der Waals surface area (Å²) in [5.41, 5.74) is 1.83. The number of benzene rings is 1. The first-order valence-corrected chi connectivity index (χ1v) is 5.98. The molecular weight excluding hydrogens is 232 g/mol. The van der Waals surface area contributed by atoms with Gasteiger partial charge < -0.3 is 14.2 Å². The Morgan fingerprint density at radius 1 is 1.39 bits per heavy atom. The largest absolute Gasteiger partial charge is 0.463 e. The summed E-state index contributed by atoms with van der Waals surface area (Å²) in [7, 11) is 0. The molecule has 0 saturated carbocycles. The zero-order valence-corrected chi connectivity index (χ0v) is 10.3. The predicted octanol–water partition coefficient (Wildman–Crippen LogP) is 2.31. The van der Waals surface area contributed by atoms with Crippen LogP contribution < -0.4 is 0 Å². The summed E-state index contributed by atoms with van der Waals surface area (Å²) in [5, 5.41) is 0. The molecule has 1 fully saturated rings. The molecular formula is C14H16O4. The Hall–Kier alpha value is -1.65. The van der Waals surface area contributed by atoms with E-state index in [1.165, 1.54) is 6.08 Å². The Morgan fingerprint density at radius 2 is 2.11 bits per heavy atom. The lowest BCUT2D eigenvalue weighted by Gasteiger charge is -2.12. The summed E-state index contributed by atoms with van der Waals surface area (Å²) < 4.78 is 15.8. The van der Waals surface area contributed by atoms with Crippen LogP contribution in [0.2, 0.25) is 0 Å². The van der Waals surface area contributed by atoms with Crippen LogP contribution in [0.1, 0.15) is 24.3 Å². The summed E-state index contributed by atoms with van der Waals surface area (Å²) >= 11 is 0. The maximum Gasteiger partial charge on any atom is 0.330 e. The van der Waals surface area contributed by atoms with Crippen LogP contribution in [0.4, 0.5) is 0 Å². The Kier molecular flexibility index (Phi) is 4.50. The van der Waals surface area contributed by atoms with E-state index in [0.29, 0.717) is 19.8 Å². The molecule has 0 N–H and O–H groups in total. The second-order valence-corrected chi connectivity index (χ2v) is 3.79. The van der Waals surface area contributed by atoms with Gasteiger partial charge in [0.2, 0.25) is 0 Å². The van der Waals surface area contributed by atoms with Gasteiger partial charge in [0.05, 0.1) is 19.8 Å². The minimum Gasteiger partial charge on any atom is -0.463 e. The third-order valence-electron chi connectivity index (χ3n) is 2.56. The molecule has 1 aromatic carbocycles. The second kappa shape index (κ2) is 6.33. The van der Waals surface area contributed by atoms with Crippen molar-refractivity contribution in [1.29, 1.82) is 0 Å². The summed E-state index contributed by atoms with van der Waals surface area (Å²) in [6.07, 6.45) is 2.79. The molecule has 0 aromatic heterocycles. The molecule has 0 amide bonds. The van der Waals surface area contributed by atoms with Crippen molar-refractivity contribution in [2.45, 2.75) is 13.2 Å². The molecule has 0 spiro atoms. The molecule has 4 heteroatoms. The molecule has 18 heavy (non-hydrogen) atoms. The molecule has 1 aromatic rings. The van der Waals surface area contributed by atoms with E-state index in [1.807, 2.05) is 24.3 Å². The van der Waals surface area contributed by atoms with Gasteiger partial charge in [-0.05, 0) is 18.6 Å². The van der Waals surface area contributed by atoms with Crippen molar-refractivity contribution < 1.29 is 19.0 Å². The molecule has 96 valence electrons. The van der Waals surface area contributed by atoms with Crippen LogP contribution in [-0.4, -0.2) is 25.8 Å². The van der Waals surface area contributed by atoms with Crippen molar-refractivity contribution in [3.8, 4) is 0 Å². The molecule has 0 atom stereocenters. The fourth-order valence-corrected chi connectivity index (χ4v) is 1.76. The zero-order valence-electron chi connectivity index (χ0n) is 10.3. The molecule has 1 saturated heterocycles. The van der Waals surface area contributed by atoms with Gasteiger partial charge in [-0.15, -0.1) is 0 Å². The maximum atomic E-state index is 11.3. The molecule has 1 heterocycles. The van der Waals surface area contributed by atoms with Crippen molar-refractivity contribution in [2.75, 3.05) is 19.8 Å². The van der Waals surface area contributed by atoms with E-state index < -0.39 is 0 Å².